The van der Waals surface area contributed by atoms with Gasteiger partial charge in [-0.15, -0.1) is 0 Å². The fraction of sp³-hybridized carbons (Fsp3) is 0.429. The first-order valence-corrected chi connectivity index (χ1v) is 9.53. The largest absolute Gasteiger partial charge is 0.385 e. The summed E-state index contributed by atoms with van der Waals surface area (Å²) in [4.78, 5) is 6.58. The summed E-state index contributed by atoms with van der Waals surface area (Å²) in [7, 11) is 2.19. The van der Waals surface area contributed by atoms with Crippen LogP contribution in [-0.2, 0) is 6.54 Å². The molecule has 0 bridgehead atoms. The van der Waals surface area contributed by atoms with Crippen molar-refractivity contribution in [2.75, 3.05) is 20.1 Å². The Kier molecular flexibility index (Phi) is 5.09. The van der Waals surface area contributed by atoms with Crippen molar-refractivity contribution in [2.45, 2.75) is 38.3 Å². The van der Waals surface area contributed by atoms with E-state index in [1.807, 2.05) is 16.8 Å². The Labute approximate surface area is 159 Å². The molecule has 0 unspecified atom stereocenters. The zero-order valence-corrected chi connectivity index (χ0v) is 15.9. The smallest absolute Gasteiger partial charge is 0.167 e. The molecular weight excluding hydrogens is 340 g/mol. The van der Waals surface area contributed by atoms with Gasteiger partial charge in [-0.3, -0.25) is 0 Å². The summed E-state index contributed by atoms with van der Waals surface area (Å²) >= 11 is 0. The number of rotatable bonds is 5. The summed E-state index contributed by atoms with van der Waals surface area (Å²) in [6, 6.07) is 10.6. The molecule has 4 rings (SSSR count). The number of hydrogen-bond acceptors (Lipinski definition) is 5. The second-order valence-electron chi connectivity index (χ2n) is 7.47. The van der Waals surface area contributed by atoms with Crippen molar-refractivity contribution in [2.24, 2.45) is 0 Å². The quantitative estimate of drug-likeness (QED) is 0.749. The molecule has 2 aromatic heterocycles. The van der Waals surface area contributed by atoms with Gasteiger partial charge in [-0.1, -0.05) is 29.4 Å². The minimum absolute atomic E-state index is 0.525. The fourth-order valence-electron chi connectivity index (χ4n) is 3.78. The van der Waals surface area contributed by atoms with Crippen molar-refractivity contribution >= 4 is 0 Å². The van der Waals surface area contributed by atoms with Gasteiger partial charge < -0.3 is 19.1 Å². The first kappa shape index (κ1) is 17.9. The van der Waals surface area contributed by atoms with Crippen LogP contribution in [0.4, 0.5) is 0 Å². The van der Waals surface area contributed by atoms with Crippen LogP contribution in [-0.4, -0.2) is 44.9 Å². The monoisotopic (exact) mass is 366 g/mol. The van der Waals surface area contributed by atoms with E-state index in [1.165, 1.54) is 31.5 Å². The van der Waals surface area contributed by atoms with E-state index in [1.54, 1.807) is 13.1 Å². The molecule has 0 radical (unpaired) electrons. The number of nitrogens with zero attached hydrogens (tertiary/aromatic N) is 4. The second-order valence-corrected chi connectivity index (χ2v) is 7.47. The molecule has 0 aliphatic carbocycles. The molecule has 1 aromatic carbocycles. The SMILES string of the molecule is C[C@H](O)c1nccn1Cc1cc(-c2ccc(C3CCN(C)CC3)cc2)on1. The summed E-state index contributed by atoms with van der Waals surface area (Å²) in [6.45, 7) is 4.57. The summed E-state index contributed by atoms with van der Waals surface area (Å²) in [5, 5.41) is 14.0. The molecule has 1 saturated heterocycles. The van der Waals surface area contributed by atoms with Crippen molar-refractivity contribution in [1.29, 1.82) is 0 Å². The highest BCUT2D eigenvalue weighted by Gasteiger charge is 2.18. The van der Waals surface area contributed by atoms with Gasteiger partial charge in [-0.05, 0) is 51.4 Å². The average molecular weight is 366 g/mol. The molecular formula is C21H26N4O2. The van der Waals surface area contributed by atoms with Gasteiger partial charge in [-0.2, -0.15) is 0 Å². The van der Waals surface area contributed by atoms with Gasteiger partial charge >= 0.3 is 0 Å². The van der Waals surface area contributed by atoms with Crippen molar-refractivity contribution in [3.63, 3.8) is 0 Å². The molecule has 0 saturated carbocycles. The van der Waals surface area contributed by atoms with Crippen LogP contribution in [0.25, 0.3) is 11.3 Å². The second kappa shape index (κ2) is 7.66. The molecule has 3 aromatic rings. The molecule has 3 heterocycles. The van der Waals surface area contributed by atoms with Gasteiger partial charge in [0.05, 0.1) is 6.54 Å². The molecule has 1 aliphatic heterocycles. The molecule has 27 heavy (non-hydrogen) atoms. The van der Waals surface area contributed by atoms with Crippen LogP contribution in [0.5, 0.6) is 0 Å². The third kappa shape index (κ3) is 3.96. The zero-order valence-electron chi connectivity index (χ0n) is 15.9. The number of imidazole rings is 1. The molecule has 1 aliphatic rings. The Hall–Kier alpha value is -2.44. The lowest BCUT2D eigenvalue weighted by Gasteiger charge is -2.29. The van der Waals surface area contributed by atoms with E-state index >= 15 is 0 Å². The Bertz CT molecular complexity index is 874. The van der Waals surface area contributed by atoms with Crippen LogP contribution in [0, 0.1) is 0 Å². The van der Waals surface area contributed by atoms with Crippen LogP contribution in [0.3, 0.4) is 0 Å². The summed E-state index contributed by atoms with van der Waals surface area (Å²) in [5.41, 5.74) is 3.25. The van der Waals surface area contributed by atoms with Gasteiger partial charge in [-0.25, -0.2) is 4.98 Å². The molecule has 0 spiro atoms. The first-order chi connectivity index (χ1) is 13.1. The lowest BCUT2D eigenvalue weighted by atomic mass is 9.89. The minimum Gasteiger partial charge on any atom is -0.385 e. The lowest BCUT2D eigenvalue weighted by molar-refractivity contribution is 0.184. The Morgan fingerprint density at radius 2 is 1.96 bits per heavy atom. The third-order valence-electron chi connectivity index (χ3n) is 5.40. The van der Waals surface area contributed by atoms with Gasteiger partial charge in [0.15, 0.2) is 5.76 Å². The van der Waals surface area contributed by atoms with E-state index in [9.17, 15) is 5.11 Å². The first-order valence-electron chi connectivity index (χ1n) is 9.53. The maximum atomic E-state index is 9.77. The number of aliphatic hydroxyl groups is 1. The molecule has 1 fully saturated rings. The molecule has 1 N–H and O–H groups in total. The standard InChI is InChI=1S/C21H26N4O2/c1-15(26)21-22-9-12-25(21)14-19-13-20(27-23-19)18-5-3-16(4-6-18)17-7-10-24(2)11-8-17/h3-6,9,12-13,15,17,26H,7-8,10-11,14H2,1-2H3/t15-/m0/s1. The van der Waals surface area contributed by atoms with Gasteiger partial charge in [0.1, 0.15) is 17.6 Å². The highest BCUT2D eigenvalue weighted by Crippen LogP contribution is 2.29. The highest BCUT2D eigenvalue weighted by atomic mass is 16.5. The van der Waals surface area contributed by atoms with E-state index in [2.05, 4.69) is 46.4 Å². The molecule has 6 heteroatoms. The summed E-state index contributed by atoms with van der Waals surface area (Å²) in [5.74, 6) is 2.04. The number of aromatic nitrogens is 3. The van der Waals surface area contributed by atoms with Crippen LogP contribution < -0.4 is 0 Å². The number of aliphatic hydroxyl groups excluding tert-OH is 1. The molecule has 142 valence electrons. The van der Waals surface area contributed by atoms with Crippen molar-refractivity contribution in [1.82, 2.24) is 19.6 Å². The van der Waals surface area contributed by atoms with Crippen LogP contribution in [0.15, 0.2) is 47.2 Å². The van der Waals surface area contributed by atoms with Crippen molar-refractivity contribution in [3.05, 3.63) is 59.8 Å². The lowest BCUT2D eigenvalue weighted by Crippen LogP contribution is -2.29. The Morgan fingerprint density at radius 3 is 2.67 bits per heavy atom. The van der Waals surface area contributed by atoms with E-state index in [0.29, 0.717) is 18.3 Å². The Morgan fingerprint density at radius 1 is 1.22 bits per heavy atom. The predicted octanol–water partition coefficient (Wildman–Crippen LogP) is 3.45. The highest BCUT2D eigenvalue weighted by molar-refractivity contribution is 5.58. The number of hydrogen-bond donors (Lipinski definition) is 1. The summed E-state index contributed by atoms with van der Waals surface area (Å²) < 4.78 is 7.43. The van der Waals surface area contributed by atoms with E-state index in [0.717, 1.165) is 17.0 Å². The average Bonchev–Trinajstić information content (AvgIpc) is 3.33. The third-order valence-corrected chi connectivity index (χ3v) is 5.40. The normalized spacial score (nSPS) is 17.3. The minimum atomic E-state index is -0.613. The number of likely N-dealkylation sites (tertiary alicyclic amines) is 1. The molecule has 6 nitrogen and oxygen atoms in total. The van der Waals surface area contributed by atoms with E-state index in [4.69, 9.17) is 4.52 Å². The predicted molar refractivity (Wildman–Crippen MR) is 103 cm³/mol. The van der Waals surface area contributed by atoms with Gasteiger partial charge in [0.25, 0.3) is 0 Å². The molecule has 0 amide bonds. The van der Waals surface area contributed by atoms with Crippen molar-refractivity contribution < 1.29 is 9.63 Å². The fourth-order valence-corrected chi connectivity index (χ4v) is 3.78. The number of piperidine rings is 1. The van der Waals surface area contributed by atoms with Gasteiger partial charge in [0, 0.05) is 24.0 Å². The van der Waals surface area contributed by atoms with Crippen LogP contribution in [0.1, 0.15) is 48.9 Å². The molecule has 1 atom stereocenters. The zero-order chi connectivity index (χ0) is 18.8. The Balaban J connectivity index is 1.46. The number of benzene rings is 1. The van der Waals surface area contributed by atoms with Crippen LogP contribution >= 0.6 is 0 Å². The maximum absolute atomic E-state index is 9.77. The van der Waals surface area contributed by atoms with Crippen molar-refractivity contribution in [3.8, 4) is 11.3 Å². The van der Waals surface area contributed by atoms with E-state index < -0.39 is 6.10 Å². The van der Waals surface area contributed by atoms with E-state index in [-0.39, 0.29) is 0 Å². The van der Waals surface area contributed by atoms with Gasteiger partial charge in [0.2, 0.25) is 0 Å². The summed E-state index contributed by atoms with van der Waals surface area (Å²) in [6.07, 6.45) is 5.35. The maximum Gasteiger partial charge on any atom is 0.167 e. The van der Waals surface area contributed by atoms with Crippen LogP contribution in [0.2, 0.25) is 0 Å². The topological polar surface area (TPSA) is 67.3 Å².